The third-order valence-electron chi connectivity index (χ3n) is 6.20. The number of nitrogens with one attached hydrogen (secondary N) is 1. The SMILES string of the molecule is CCCCn1cnc2cc(-c3nc(N4CC[C@H](CO)[C@@H](O)C4)nc4[nH]cnc34)cc(F)c21. The monoisotopic (exact) mass is 439 g/mol. The first-order valence-corrected chi connectivity index (χ1v) is 11.0. The maximum Gasteiger partial charge on any atom is 0.228 e. The van der Waals surface area contributed by atoms with E-state index in [1.54, 1.807) is 6.33 Å². The van der Waals surface area contributed by atoms with Crippen LogP contribution in [-0.4, -0.2) is 65.5 Å². The van der Waals surface area contributed by atoms with Crippen molar-refractivity contribution in [2.45, 2.75) is 38.8 Å². The maximum absolute atomic E-state index is 15.2. The first-order valence-electron chi connectivity index (χ1n) is 11.0. The van der Waals surface area contributed by atoms with Gasteiger partial charge in [-0.05, 0) is 25.0 Å². The highest BCUT2D eigenvalue weighted by molar-refractivity contribution is 5.91. The maximum atomic E-state index is 15.2. The van der Waals surface area contributed by atoms with Gasteiger partial charge < -0.3 is 24.7 Å². The molecule has 0 bridgehead atoms. The number of unbranched alkanes of at least 4 members (excludes halogenated alkanes) is 1. The van der Waals surface area contributed by atoms with Crippen molar-refractivity contribution in [3.63, 3.8) is 0 Å². The molecule has 0 unspecified atom stereocenters. The highest BCUT2D eigenvalue weighted by Crippen LogP contribution is 2.31. The number of benzene rings is 1. The molecule has 0 amide bonds. The topological polar surface area (TPSA) is 116 Å². The molecule has 4 heterocycles. The normalized spacial score (nSPS) is 19.3. The van der Waals surface area contributed by atoms with E-state index in [-0.39, 0.29) is 18.3 Å². The Balaban J connectivity index is 1.57. The molecule has 1 aliphatic rings. The summed E-state index contributed by atoms with van der Waals surface area (Å²) >= 11 is 0. The number of halogens is 1. The van der Waals surface area contributed by atoms with E-state index < -0.39 is 6.10 Å². The third kappa shape index (κ3) is 3.59. The molecule has 3 aromatic heterocycles. The number of aromatic amines is 1. The Labute approximate surface area is 184 Å². The molecule has 3 N–H and O–H groups in total. The van der Waals surface area contributed by atoms with Crippen LogP contribution in [0.25, 0.3) is 33.5 Å². The fourth-order valence-corrected chi connectivity index (χ4v) is 4.33. The number of anilines is 1. The molecule has 9 nitrogen and oxygen atoms in total. The van der Waals surface area contributed by atoms with Gasteiger partial charge in [-0.25, -0.2) is 19.3 Å². The lowest BCUT2D eigenvalue weighted by molar-refractivity contribution is 0.0544. The lowest BCUT2D eigenvalue weighted by Gasteiger charge is -2.35. The number of H-pyrrole nitrogens is 1. The van der Waals surface area contributed by atoms with Gasteiger partial charge in [-0.3, -0.25) is 0 Å². The average Bonchev–Trinajstić information content (AvgIpc) is 3.44. The van der Waals surface area contributed by atoms with E-state index in [4.69, 9.17) is 4.98 Å². The Morgan fingerprint density at radius 2 is 2.12 bits per heavy atom. The summed E-state index contributed by atoms with van der Waals surface area (Å²) in [5.41, 5.74) is 3.22. The van der Waals surface area contributed by atoms with Gasteiger partial charge in [-0.15, -0.1) is 0 Å². The molecule has 1 aliphatic heterocycles. The average molecular weight is 439 g/mol. The second kappa shape index (κ2) is 8.44. The molecule has 2 atom stereocenters. The number of β-amino-alcohol motifs (C(OH)–C–C–N with tert-alkyl or cyclic N) is 1. The summed E-state index contributed by atoms with van der Waals surface area (Å²) in [5, 5.41) is 19.8. The zero-order valence-electron chi connectivity index (χ0n) is 17.9. The fourth-order valence-electron chi connectivity index (χ4n) is 4.33. The predicted molar refractivity (Wildman–Crippen MR) is 119 cm³/mol. The van der Waals surface area contributed by atoms with Gasteiger partial charge in [-0.1, -0.05) is 13.3 Å². The van der Waals surface area contributed by atoms with Crippen LogP contribution in [0.5, 0.6) is 0 Å². The summed E-state index contributed by atoms with van der Waals surface area (Å²) in [6, 6.07) is 3.30. The van der Waals surface area contributed by atoms with E-state index in [0.29, 0.717) is 58.9 Å². The Morgan fingerprint density at radius 3 is 2.91 bits per heavy atom. The lowest BCUT2D eigenvalue weighted by atomic mass is 9.95. The quantitative estimate of drug-likeness (QED) is 0.423. The number of aromatic nitrogens is 6. The molecule has 0 spiro atoms. The minimum Gasteiger partial charge on any atom is -0.396 e. The molecule has 0 radical (unpaired) electrons. The first kappa shape index (κ1) is 20.8. The molecular weight excluding hydrogens is 413 g/mol. The molecule has 5 rings (SSSR count). The predicted octanol–water partition coefficient (Wildman–Crippen LogP) is 2.49. The molecule has 0 saturated carbocycles. The van der Waals surface area contributed by atoms with Crippen LogP contribution in [0.4, 0.5) is 10.3 Å². The van der Waals surface area contributed by atoms with Gasteiger partial charge in [0.25, 0.3) is 0 Å². The summed E-state index contributed by atoms with van der Waals surface area (Å²) in [6.07, 6.45) is 5.15. The number of fused-ring (bicyclic) bond motifs is 2. The standard InChI is InChI=1S/C22H26FN7O2/c1-2-3-5-30-12-26-16-8-14(7-15(23)20(16)30)18-19-21(25-11-24-19)28-22(27-18)29-6-4-13(10-31)17(32)9-29/h7-8,11-13,17,31-32H,2-6,9-10H2,1H3,(H,24,25,27,28)/t13-,17+/m1/s1. The van der Waals surface area contributed by atoms with Gasteiger partial charge in [0.1, 0.15) is 22.5 Å². The zero-order chi connectivity index (χ0) is 22.2. The minimum atomic E-state index is -0.667. The zero-order valence-corrected chi connectivity index (χ0v) is 17.9. The molecule has 1 fully saturated rings. The number of piperidine rings is 1. The first-order chi connectivity index (χ1) is 15.6. The summed E-state index contributed by atoms with van der Waals surface area (Å²) in [4.78, 5) is 22.9. The largest absolute Gasteiger partial charge is 0.396 e. The molecular formula is C22H26FN7O2. The van der Waals surface area contributed by atoms with Crippen molar-refractivity contribution < 1.29 is 14.6 Å². The molecule has 10 heteroatoms. The van der Waals surface area contributed by atoms with Gasteiger partial charge >= 0.3 is 0 Å². The number of rotatable bonds is 6. The number of aliphatic hydroxyl groups excluding tert-OH is 2. The number of nitrogens with zero attached hydrogens (tertiary/aromatic N) is 6. The van der Waals surface area contributed by atoms with Gasteiger partial charge in [-0.2, -0.15) is 4.98 Å². The summed E-state index contributed by atoms with van der Waals surface area (Å²) in [6.45, 7) is 3.69. The highest BCUT2D eigenvalue weighted by Gasteiger charge is 2.29. The van der Waals surface area contributed by atoms with Crippen LogP contribution in [0.1, 0.15) is 26.2 Å². The molecule has 32 heavy (non-hydrogen) atoms. The second-order valence-corrected chi connectivity index (χ2v) is 8.33. The lowest BCUT2D eigenvalue weighted by Crippen LogP contribution is -2.45. The molecule has 4 aromatic rings. The van der Waals surface area contributed by atoms with E-state index in [1.807, 2.05) is 15.5 Å². The van der Waals surface area contributed by atoms with Crippen molar-refractivity contribution in [1.29, 1.82) is 0 Å². The Bertz CT molecular complexity index is 1250. The minimum absolute atomic E-state index is 0.0507. The van der Waals surface area contributed by atoms with Crippen LogP contribution in [0.15, 0.2) is 24.8 Å². The third-order valence-corrected chi connectivity index (χ3v) is 6.20. The van der Waals surface area contributed by atoms with Crippen LogP contribution >= 0.6 is 0 Å². The van der Waals surface area contributed by atoms with Crippen LogP contribution < -0.4 is 4.90 Å². The Hall–Kier alpha value is -3.11. The van der Waals surface area contributed by atoms with Crippen molar-refractivity contribution in [1.82, 2.24) is 29.5 Å². The molecule has 1 saturated heterocycles. The van der Waals surface area contributed by atoms with E-state index in [2.05, 4.69) is 26.9 Å². The number of imidazole rings is 2. The number of hydrogen-bond donors (Lipinski definition) is 3. The summed E-state index contributed by atoms with van der Waals surface area (Å²) in [5.74, 6) is -0.0729. The van der Waals surface area contributed by atoms with Gasteiger partial charge in [0, 0.05) is 37.7 Å². The van der Waals surface area contributed by atoms with Crippen molar-refractivity contribution in [2.75, 3.05) is 24.6 Å². The van der Waals surface area contributed by atoms with Crippen molar-refractivity contribution in [3.8, 4) is 11.3 Å². The van der Waals surface area contributed by atoms with E-state index in [9.17, 15) is 10.2 Å². The summed E-state index contributed by atoms with van der Waals surface area (Å²) < 4.78 is 17.0. The smallest absolute Gasteiger partial charge is 0.228 e. The Kier molecular flexibility index (Phi) is 5.48. The van der Waals surface area contributed by atoms with Crippen LogP contribution in [0.3, 0.4) is 0 Å². The van der Waals surface area contributed by atoms with Gasteiger partial charge in [0.05, 0.1) is 24.3 Å². The molecule has 0 aliphatic carbocycles. The van der Waals surface area contributed by atoms with E-state index in [1.165, 1.54) is 12.4 Å². The van der Waals surface area contributed by atoms with Gasteiger partial charge in [0.2, 0.25) is 5.95 Å². The Morgan fingerprint density at radius 1 is 1.25 bits per heavy atom. The van der Waals surface area contributed by atoms with Crippen molar-refractivity contribution in [2.24, 2.45) is 5.92 Å². The second-order valence-electron chi connectivity index (χ2n) is 8.33. The number of aliphatic hydroxyl groups is 2. The van der Waals surface area contributed by atoms with Crippen LogP contribution in [0.2, 0.25) is 0 Å². The van der Waals surface area contributed by atoms with E-state index >= 15 is 4.39 Å². The molecule has 1 aromatic carbocycles. The van der Waals surface area contributed by atoms with Crippen LogP contribution in [0, 0.1) is 11.7 Å². The van der Waals surface area contributed by atoms with Gasteiger partial charge in [0.15, 0.2) is 5.65 Å². The number of aryl methyl sites for hydroxylation is 1. The number of hydrogen-bond acceptors (Lipinski definition) is 7. The molecule has 168 valence electrons. The van der Waals surface area contributed by atoms with Crippen LogP contribution in [-0.2, 0) is 6.54 Å². The van der Waals surface area contributed by atoms with Crippen molar-refractivity contribution in [3.05, 3.63) is 30.6 Å². The summed E-state index contributed by atoms with van der Waals surface area (Å²) in [7, 11) is 0. The van der Waals surface area contributed by atoms with Crippen molar-refractivity contribution >= 4 is 28.1 Å². The van der Waals surface area contributed by atoms with E-state index in [0.717, 1.165) is 19.4 Å². The highest BCUT2D eigenvalue weighted by atomic mass is 19.1. The fraction of sp³-hybridized carbons (Fsp3) is 0.455.